The SMILES string of the molecule is COC(=O)[C@]1(C)CC[C@]2(C)CC[C@@]3(C)[C@@](C)(CC=C4c5cc6nc7cc(C(=O)NCCO)ccc7nc6c(C)c5C=C[C@]43C)[C@@H]2C1. The lowest BCUT2D eigenvalue weighted by atomic mass is 9.33. The van der Waals surface area contributed by atoms with Crippen LogP contribution in [0.2, 0.25) is 0 Å². The number of benzene rings is 2. The predicted molar refractivity (Wildman–Crippen MR) is 182 cm³/mol. The summed E-state index contributed by atoms with van der Waals surface area (Å²) < 4.78 is 5.35. The van der Waals surface area contributed by atoms with Crippen LogP contribution in [0.25, 0.3) is 33.7 Å². The van der Waals surface area contributed by atoms with Crippen LogP contribution in [0.5, 0.6) is 0 Å². The molecule has 7 rings (SSSR count). The summed E-state index contributed by atoms with van der Waals surface area (Å²) in [5, 5.41) is 11.8. The van der Waals surface area contributed by atoms with E-state index in [2.05, 4.69) is 71.2 Å². The monoisotopic (exact) mass is 621 g/mol. The number of hydrogen-bond donors (Lipinski definition) is 2. The van der Waals surface area contributed by atoms with Gasteiger partial charge in [-0.1, -0.05) is 45.9 Å². The Hall–Kier alpha value is -3.58. The van der Waals surface area contributed by atoms with Crippen molar-refractivity contribution in [2.45, 2.75) is 80.1 Å². The fourth-order valence-corrected chi connectivity index (χ4v) is 10.3. The van der Waals surface area contributed by atoms with Crippen molar-refractivity contribution < 1.29 is 19.4 Å². The summed E-state index contributed by atoms with van der Waals surface area (Å²) in [6.07, 6.45) is 13.4. The van der Waals surface area contributed by atoms with Gasteiger partial charge < -0.3 is 15.2 Å². The van der Waals surface area contributed by atoms with E-state index in [1.165, 1.54) is 23.8 Å². The maximum atomic E-state index is 13.1. The van der Waals surface area contributed by atoms with Crippen molar-refractivity contribution >= 4 is 45.6 Å². The van der Waals surface area contributed by atoms with Crippen molar-refractivity contribution in [1.82, 2.24) is 15.3 Å². The molecular formula is C39H47N3O4. The first-order valence-corrected chi connectivity index (χ1v) is 16.9. The van der Waals surface area contributed by atoms with Crippen LogP contribution in [0.3, 0.4) is 0 Å². The van der Waals surface area contributed by atoms with Gasteiger partial charge in [-0.2, -0.15) is 0 Å². The molecule has 0 bridgehead atoms. The van der Waals surface area contributed by atoms with Gasteiger partial charge in [-0.05, 0) is 121 Å². The molecule has 1 amide bonds. The van der Waals surface area contributed by atoms with E-state index in [0.29, 0.717) is 17.0 Å². The van der Waals surface area contributed by atoms with Crippen LogP contribution < -0.4 is 5.32 Å². The van der Waals surface area contributed by atoms with Gasteiger partial charge in [-0.3, -0.25) is 9.59 Å². The van der Waals surface area contributed by atoms with E-state index < -0.39 is 5.41 Å². The zero-order chi connectivity index (χ0) is 32.9. The van der Waals surface area contributed by atoms with E-state index in [-0.39, 0.29) is 46.7 Å². The summed E-state index contributed by atoms with van der Waals surface area (Å²) in [6.45, 7) is 14.3. The lowest BCUT2D eigenvalue weighted by Crippen LogP contribution is -2.63. The van der Waals surface area contributed by atoms with Crippen molar-refractivity contribution in [3.63, 3.8) is 0 Å². The fraction of sp³-hybridized carbons (Fsp3) is 0.538. The molecule has 0 aliphatic heterocycles. The Morgan fingerprint density at radius 2 is 1.76 bits per heavy atom. The second kappa shape index (κ2) is 10.2. The Balaban J connectivity index is 1.34. The number of amides is 1. The lowest BCUT2D eigenvalue weighted by molar-refractivity contribution is -0.190. The molecule has 2 aromatic carbocycles. The Morgan fingerprint density at radius 3 is 2.50 bits per heavy atom. The standard InChI is InChI=1S/C39H47N3O4/c1-23-25-10-12-37(4)27(26(25)21-30-32(23)42-28-9-8-24(20-29(28)41-30)33(44)40-18-19-43)11-13-38(5)31-22-36(3,34(45)46-7)15-14-35(31,2)16-17-39(37,38)6/h8-12,20-21,31,43H,13-19,22H2,1-7H3,(H,40,44)/t31-,35-,36-,37-,38+,39-/m1/s1. The molecule has 7 nitrogen and oxygen atoms in total. The average molecular weight is 622 g/mol. The number of aromatic nitrogens is 2. The van der Waals surface area contributed by atoms with Gasteiger partial charge >= 0.3 is 5.97 Å². The van der Waals surface area contributed by atoms with Gasteiger partial charge in [0.25, 0.3) is 5.91 Å². The number of esters is 1. The van der Waals surface area contributed by atoms with E-state index in [1.807, 2.05) is 6.07 Å². The van der Waals surface area contributed by atoms with Gasteiger partial charge in [-0.25, -0.2) is 9.97 Å². The first kappa shape index (κ1) is 31.0. The minimum atomic E-state index is -0.447. The summed E-state index contributed by atoms with van der Waals surface area (Å²) in [5.74, 6) is 0.0990. The van der Waals surface area contributed by atoms with Crippen LogP contribution in [0.4, 0.5) is 0 Å². The molecule has 4 aliphatic rings. The first-order valence-electron chi connectivity index (χ1n) is 16.9. The molecule has 1 heterocycles. The van der Waals surface area contributed by atoms with Crippen molar-refractivity contribution in [2.24, 2.45) is 33.0 Å². The largest absolute Gasteiger partial charge is 0.469 e. The van der Waals surface area contributed by atoms with Gasteiger partial charge in [-0.15, -0.1) is 0 Å². The Kier molecular flexibility index (Phi) is 6.89. The molecule has 2 N–H and O–H groups in total. The second-order valence-corrected chi connectivity index (χ2v) is 15.8. The van der Waals surface area contributed by atoms with Crippen LogP contribution in [-0.2, 0) is 9.53 Å². The van der Waals surface area contributed by atoms with Gasteiger partial charge in [0, 0.05) is 17.5 Å². The third-order valence-corrected chi connectivity index (χ3v) is 13.6. The number of rotatable bonds is 4. The van der Waals surface area contributed by atoms with E-state index >= 15 is 0 Å². The highest BCUT2D eigenvalue weighted by atomic mass is 16.5. The van der Waals surface area contributed by atoms with E-state index in [1.54, 1.807) is 12.1 Å². The number of hydrogen-bond acceptors (Lipinski definition) is 6. The quantitative estimate of drug-likeness (QED) is 0.232. The number of aryl methyl sites for hydroxylation is 1. The number of aliphatic hydroxyl groups excluding tert-OH is 1. The summed E-state index contributed by atoms with van der Waals surface area (Å²) in [7, 11) is 1.53. The molecule has 0 unspecified atom stereocenters. The highest BCUT2D eigenvalue weighted by Crippen LogP contribution is 2.76. The smallest absolute Gasteiger partial charge is 0.311 e. The number of methoxy groups -OCH3 is 1. The summed E-state index contributed by atoms with van der Waals surface area (Å²) in [5.41, 5.74) is 8.06. The lowest BCUT2D eigenvalue weighted by Gasteiger charge is -2.70. The normalized spacial score (nSPS) is 34.6. The Morgan fingerprint density at radius 1 is 1.00 bits per heavy atom. The summed E-state index contributed by atoms with van der Waals surface area (Å²) in [6, 6.07) is 7.60. The second-order valence-electron chi connectivity index (χ2n) is 15.8. The molecule has 6 atom stereocenters. The molecule has 4 aliphatic carbocycles. The maximum Gasteiger partial charge on any atom is 0.311 e. The van der Waals surface area contributed by atoms with Gasteiger partial charge in [0.2, 0.25) is 0 Å². The first-order chi connectivity index (χ1) is 21.7. The molecule has 0 saturated heterocycles. The van der Waals surface area contributed by atoms with Gasteiger partial charge in [0.05, 0.1) is 41.2 Å². The number of nitrogens with zero attached hydrogens (tertiary/aromatic N) is 2. The highest BCUT2D eigenvalue weighted by molar-refractivity contribution is 6.00. The molecule has 7 heteroatoms. The Labute approximate surface area is 271 Å². The van der Waals surface area contributed by atoms with E-state index in [0.717, 1.165) is 60.6 Å². The number of nitrogens with one attached hydrogen (secondary N) is 1. The van der Waals surface area contributed by atoms with Crippen LogP contribution in [0, 0.1) is 39.9 Å². The third-order valence-electron chi connectivity index (χ3n) is 13.6. The molecule has 242 valence electrons. The average Bonchev–Trinajstić information content (AvgIpc) is 3.04. The predicted octanol–water partition coefficient (Wildman–Crippen LogP) is 7.43. The molecule has 3 aromatic rings. The van der Waals surface area contributed by atoms with E-state index in [9.17, 15) is 9.59 Å². The molecule has 0 radical (unpaired) electrons. The number of ether oxygens (including phenoxy) is 1. The molecular weight excluding hydrogens is 574 g/mol. The van der Waals surface area contributed by atoms with Crippen molar-refractivity contribution in [3.8, 4) is 0 Å². The Bertz CT molecular complexity index is 1880. The minimum Gasteiger partial charge on any atom is -0.469 e. The van der Waals surface area contributed by atoms with Crippen LogP contribution in [0.15, 0.2) is 36.4 Å². The molecule has 2 saturated carbocycles. The van der Waals surface area contributed by atoms with Crippen LogP contribution in [0.1, 0.15) is 100 Å². The van der Waals surface area contributed by atoms with E-state index in [4.69, 9.17) is 19.8 Å². The fourth-order valence-electron chi connectivity index (χ4n) is 10.3. The van der Waals surface area contributed by atoms with Crippen LogP contribution in [-0.4, -0.2) is 47.2 Å². The summed E-state index contributed by atoms with van der Waals surface area (Å²) >= 11 is 0. The number of carbonyl (C=O) groups excluding carboxylic acids is 2. The molecule has 0 spiro atoms. The number of aliphatic hydroxyl groups is 1. The topological polar surface area (TPSA) is 101 Å². The van der Waals surface area contributed by atoms with Crippen LogP contribution >= 0.6 is 0 Å². The third kappa shape index (κ3) is 4.06. The van der Waals surface area contributed by atoms with Crippen molar-refractivity contribution in [2.75, 3.05) is 20.3 Å². The zero-order valence-corrected chi connectivity index (χ0v) is 28.3. The summed E-state index contributed by atoms with van der Waals surface area (Å²) in [4.78, 5) is 35.8. The molecule has 2 fully saturated rings. The highest BCUT2D eigenvalue weighted by Gasteiger charge is 2.68. The number of carbonyl (C=O) groups is 2. The van der Waals surface area contributed by atoms with Gasteiger partial charge in [0.15, 0.2) is 0 Å². The molecule has 1 aromatic heterocycles. The van der Waals surface area contributed by atoms with Crippen molar-refractivity contribution in [3.05, 3.63) is 58.7 Å². The van der Waals surface area contributed by atoms with Gasteiger partial charge in [0.1, 0.15) is 0 Å². The maximum absolute atomic E-state index is 13.1. The minimum absolute atomic E-state index is 0.00466. The molecule has 46 heavy (non-hydrogen) atoms. The number of allylic oxidation sites excluding steroid dienone is 3. The zero-order valence-electron chi connectivity index (χ0n) is 28.3. The van der Waals surface area contributed by atoms with Crippen molar-refractivity contribution in [1.29, 1.82) is 0 Å². The number of fused-ring (bicyclic) bond motifs is 9.